The standard InChI is InChI=1S/C23H27N5OS/c29-22(28-14-12-27(13-15-28)21-9-3-4-10-24-21)17-26-11-5-6-18(16-26)23-25-19-7-1-2-8-20(19)30-23/h1-4,7-10,18H,5-6,11-17H2/p+2/t18-/m0/s1. The van der Waals surface area contributed by atoms with Crippen molar-refractivity contribution in [2.45, 2.75) is 18.8 Å². The average Bonchev–Trinajstić information content (AvgIpc) is 3.24. The van der Waals surface area contributed by atoms with E-state index in [1.165, 1.54) is 27.4 Å². The van der Waals surface area contributed by atoms with E-state index in [-0.39, 0.29) is 0 Å². The number of aromatic nitrogens is 2. The number of H-pyrrole nitrogens is 1. The molecule has 2 N–H and O–H groups in total. The van der Waals surface area contributed by atoms with E-state index in [0.29, 0.717) is 18.4 Å². The molecule has 2 atom stereocenters. The summed E-state index contributed by atoms with van der Waals surface area (Å²) in [7, 11) is 0. The fourth-order valence-corrected chi connectivity index (χ4v) is 5.79. The number of carbonyl (C=O) groups is 1. The second kappa shape index (κ2) is 8.70. The topological polar surface area (TPSA) is 55.0 Å². The van der Waals surface area contributed by atoms with Crippen LogP contribution in [0.5, 0.6) is 0 Å². The molecule has 2 fully saturated rings. The van der Waals surface area contributed by atoms with Crippen molar-refractivity contribution in [3.05, 3.63) is 53.7 Å². The highest BCUT2D eigenvalue weighted by Crippen LogP contribution is 2.30. The van der Waals surface area contributed by atoms with Gasteiger partial charge in [-0.05, 0) is 31.0 Å². The molecule has 2 aliphatic heterocycles. The van der Waals surface area contributed by atoms with E-state index in [4.69, 9.17) is 4.98 Å². The number of benzene rings is 1. The number of fused-ring (bicyclic) bond motifs is 1. The van der Waals surface area contributed by atoms with Gasteiger partial charge in [0.25, 0.3) is 11.7 Å². The van der Waals surface area contributed by atoms with Crippen molar-refractivity contribution in [3.8, 4) is 0 Å². The lowest BCUT2D eigenvalue weighted by atomic mass is 9.98. The predicted octanol–water partition coefficient (Wildman–Crippen LogP) is 1.22. The Morgan fingerprint density at radius 3 is 2.77 bits per heavy atom. The van der Waals surface area contributed by atoms with Gasteiger partial charge in [0.1, 0.15) is 18.1 Å². The number of quaternary nitrogens is 1. The number of pyridine rings is 1. The van der Waals surface area contributed by atoms with Gasteiger partial charge in [0.15, 0.2) is 6.54 Å². The maximum absolute atomic E-state index is 13.0. The molecule has 0 spiro atoms. The van der Waals surface area contributed by atoms with Crippen LogP contribution in [0.15, 0.2) is 48.7 Å². The fourth-order valence-electron chi connectivity index (χ4n) is 4.69. The molecular weight excluding hydrogens is 394 g/mol. The number of piperazine rings is 1. The largest absolute Gasteiger partial charge is 0.330 e. The van der Waals surface area contributed by atoms with E-state index in [2.05, 4.69) is 40.2 Å². The van der Waals surface area contributed by atoms with Crippen LogP contribution in [-0.4, -0.2) is 61.6 Å². The zero-order chi connectivity index (χ0) is 20.3. The van der Waals surface area contributed by atoms with Gasteiger partial charge < -0.3 is 9.80 Å². The summed E-state index contributed by atoms with van der Waals surface area (Å²) in [4.78, 5) is 26.9. The van der Waals surface area contributed by atoms with E-state index in [0.717, 1.165) is 50.6 Å². The van der Waals surface area contributed by atoms with Crippen LogP contribution in [0.4, 0.5) is 5.82 Å². The van der Waals surface area contributed by atoms with Gasteiger partial charge in [-0.25, -0.2) is 9.97 Å². The van der Waals surface area contributed by atoms with Crippen LogP contribution in [0.2, 0.25) is 0 Å². The van der Waals surface area contributed by atoms with Crippen molar-refractivity contribution < 1.29 is 14.7 Å². The average molecular weight is 424 g/mol. The van der Waals surface area contributed by atoms with Crippen molar-refractivity contribution >= 4 is 33.3 Å². The Balaban J connectivity index is 1.16. The van der Waals surface area contributed by atoms with Gasteiger partial charge in [0.05, 0.1) is 48.5 Å². The minimum Gasteiger partial charge on any atom is -0.330 e. The molecule has 1 amide bonds. The number of piperidine rings is 1. The summed E-state index contributed by atoms with van der Waals surface area (Å²) in [6.07, 6.45) is 4.30. The third-order valence-corrected chi connectivity index (χ3v) is 7.54. The number of nitrogens with one attached hydrogen (secondary N) is 2. The first kappa shape index (κ1) is 19.5. The minimum atomic E-state index is 0.298. The number of nitrogens with zero attached hydrogens (tertiary/aromatic N) is 3. The number of rotatable bonds is 4. The van der Waals surface area contributed by atoms with E-state index >= 15 is 0 Å². The van der Waals surface area contributed by atoms with Gasteiger partial charge in [0, 0.05) is 6.07 Å². The monoisotopic (exact) mass is 423 g/mol. The van der Waals surface area contributed by atoms with Crippen LogP contribution in [-0.2, 0) is 4.79 Å². The Labute approximate surface area is 181 Å². The number of hydrogen-bond acceptors (Lipinski definition) is 4. The Morgan fingerprint density at radius 2 is 1.97 bits per heavy atom. The number of hydrogen-bond donors (Lipinski definition) is 1. The zero-order valence-corrected chi connectivity index (χ0v) is 18.0. The Bertz CT molecular complexity index is 966. The summed E-state index contributed by atoms with van der Waals surface area (Å²) in [6.45, 7) is 6.09. The molecular formula is C23H29N5OS+2. The summed E-state index contributed by atoms with van der Waals surface area (Å²) in [5.74, 6) is 1.90. The van der Waals surface area contributed by atoms with Gasteiger partial charge in [-0.2, -0.15) is 0 Å². The maximum atomic E-state index is 13.0. The maximum Gasteiger partial charge on any atom is 0.278 e. The minimum absolute atomic E-state index is 0.298. The summed E-state index contributed by atoms with van der Waals surface area (Å²) in [6, 6.07) is 14.5. The van der Waals surface area contributed by atoms with E-state index in [9.17, 15) is 4.79 Å². The molecule has 0 bridgehead atoms. The smallest absolute Gasteiger partial charge is 0.278 e. The van der Waals surface area contributed by atoms with Crippen molar-refractivity contribution in [1.82, 2.24) is 9.88 Å². The van der Waals surface area contributed by atoms with Crippen LogP contribution < -0.4 is 14.8 Å². The molecule has 0 radical (unpaired) electrons. The van der Waals surface area contributed by atoms with Crippen molar-refractivity contribution in [2.24, 2.45) is 0 Å². The first-order chi connectivity index (χ1) is 14.8. The molecule has 30 heavy (non-hydrogen) atoms. The second-order valence-corrected chi connectivity index (χ2v) is 9.42. The van der Waals surface area contributed by atoms with Crippen LogP contribution >= 0.6 is 11.3 Å². The highest BCUT2D eigenvalue weighted by atomic mass is 32.1. The SMILES string of the molecule is O=C(C[NH+]1CCC[C@H](c2nc3ccccc3s2)C1)N1CCN(c2cccc[nH+]2)CC1. The van der Waals surface area contributed by atoms with Gasteiger partial charge in [-0.1, -0.05) is 18.2 Å². The number of amides is 1. The van der Waals surface area contributed by atoms with Crippen molar-refractivity contribution in [2.75, 3.05) is 50.7 Å². The first-order valence-corrected chi connectivity index (χ1v) is 11.8. The summed E-state index contributed by atoms with van der Waals surface area (Å²) in [5.41, 5.74) is 1.11. The lowest BCUT2D eigenvalue weighted by Gasteiger charge is -2.33. The molecule has 1 unspecified atom stereocenters. The van der Waals surface area contributed by atoms with Crippen LogP contribution in [0.1, 0.15) is 23.8 Å². The normalized spacial score (nSPS) is 22.4. The van der Waals surface area contributed by atoms with Crippen LogP contribution in [0.3, 0.4) is 0 Å². The van der Waals surface area contributed by atoms with Gasteiger partial charge in [-0.15, -0.1) is 11.3 Å². The van der Waals surface area contributed by atoms with Crippen LogP contribution in [0.25, 0.3) is 10.2 Å². The Hall–Kier alpha value is -2.51. The third-order valence-electron chi connectivity index (χ3n) is 6.34. The Kier molecular flexibility index (Phi) is 5.64. The highest BCUT2D eigenvalue weighted by molar-refractivity contribution is 7.18. The Morgan fingerprint density at radius 1 is 1.13 bits per heavy atom. The lowest BCUT2D eigenvalue weighted by molar-refractivity contribution is -0.898. The highest BCUT2D eigenvalue weighted by Gasteiger charge is 2.31. The summed E-state index contributed by atoms with van der Waals surface area (Å²) < 4.78 is 1.27. The summed E-state index contributed by atoms with van der Waals surface area (Å²) >= 11 is 1.82. The molecule has 156 valence electrons. The number of thiazole rings is 1. The number of likely N-dealkylation sites (tertiary alicyclic amines) is 1. The van der Waals surface area contributed by atoms with E-state index < -0.39 is 0 Å². The molecule has 0 aliphatic carbocycles. The van der Waals surface area contributed by atoms with Gasteiger partial charge >= 0.3 is 0 Å². The molecule has 3 aromatic rings. The number of carbonyl (C=O) groups excluding carboxylic acids is 1. The quantitative estimate of drug-likeness (QED) is 0.687. The lowest BCUT2D eigenvalue weighted by Crippen LogP contribution is -3.14. The van der Waals surface area contributed by atoms with Crippen molar-refractivity contribution in [3.63, 3.8) is 0 Å². The molecule has 4 heterocycles. The summed E-state index contributed by atoms with van der Waals surface area (Å²) in [5, 5.41) is 1.24. The van der Waals surface area contributed by atoms with E-state index in [1.807, 2.05) is 34.6 Å². The van der Waals surface area contributed by atoms with Crippen LogP contribution in [0, 0.1) is 0 Å². The number of aromatic amines is 1. The number of anilines is 1. The van der Waals surface area contributed by atoms with Crippen molar-refractivity contribution in [1.29, 1.82) is 0 Å². The molecule has 5 rings (SSSR count). The van der Waals surface area contributed by atoms with Gasteiger partial charge in [0.2, 0.25) is 0 Å². The molecule has 6 nitrogen and oxygen atoms in total. The third kappa shape index (κ3) is 4.18. The molecule has 2 aliphatic rings. The first-order valence-electron chi connectivity index (χ1n) is 10.9. The number of para-hydroxylation sites is 1. The molecule has 0 saturated carbocycles. The predicted molar refractivity (Wildman–Crippen MR) is 119 cm³/mol. The molecule has 2 aromatic heterocycles. The zero-order valence-electron chi connectivity index (χ0n) is 17.2. The molecule has 2 saturated heterocycles. The molecule has 7 heteroatoms. The van der Waals surface area contributed by atoms with E-state index in [1.54, 1.807) is 0 Å². The molecule has 1 aromatic carbocycles. The fraction of sp³-hybridized carbons (Fsp3) is 0.435. The second-order valence-electron chi connectivity index (χ2n) is 8.36. The van der Waals surface area contributed by atoms with Gasteiger partial charge in [-0.3, -0.25) is 9.69 Å².